The van der Waals surface area contributed by atoms with Gasteiger partial charge in [0.15, 0.2) is 11.5 Å². The van der Waals surface area contributed by atoms with Crippen molar-refractivity contribution in [1.29, 1.82) is 0 Å². The number of fused-ring (bicyclic) bond motifs is 1. The number of nitrogens with zero attached hydrogens (tertiary/aromatic N) is 6. The molecule has 0 bridgehead atoms. The van der Waals surface area contributed by atoms with Crippen LogP contribution in [-0.2, 0) is 7.05 Å². The summed E-state index contributed by atoms with van der Waals surface area (Å²) in [5.74, 6) is 1.44. The Morgan fingerprint density at radius 3 is 2.55 bits per heavy atom. The summed E-state index contributed by atoms with van der Waals surface area (Å²) in [4.78, 5) is 15.8. The number of likely N-dealkylation sites (N-methyl/N-ethyl adjacent to an activating group) is 1. The van der Waals surface area contributed by atoms with Crippen molar-refractivity contribution in [2.45, 2.75) is 13.0 Å². The molecule has 0 aliphatic heterocycles. The molecule has 7 heteroatoms. The summed E-state index contributed by atoms with van der Waals surface area (Å²) in [5, 5.41) is 8.84. The van der Waals surface area contributed by atoms with E-state index in [9.17, 15) is 0 Å². The van der Waals surface area contributed by atoms with Gasteiger partial charge in [0, 0.05) is 31.5 Å². The normalized spacial score (nSPS) is 12.4. The maximum Gasteiger partial charge on any atom is 0.164 e. The van der Waals surface area contributed by atoms with Gasteiger partial charge in [0.05, 0.1) is 17.6 Å². The second-order valence-corrected chi connectivity index (χ2v) is 7.35. The minimum Gasteiger partial charge on any atom is -0.367 e. The van der Waals surface area contributed by atoms with Gasteiger partial charge in [-0.25, -0.2) is 9.97 Å². The predicted molar refractivity (Wildman–Crippen MR) is 116 cm³/mol. The van der Waals surface area contributed by atoms with Crippen LogP contribution >= 0.6 is 0 Å². The van der Waals surface area contributed by atoms with E-state index in [1.807, 2.05) is 25.4 Å². The van der Waals surface area contributed by atoms with Crippen molar-refractivity contribution >= 4 is 16.9 Å². The molecule has 29 heavy (non-hydrogen) atoms. The van der Waals surface area contributed by atoms with Crippen LogP contribution in [0.5, 0.6) is 0 Å². The first-order valence-electron chi connectivity index (χ1n) is 9.60. The molecule has 0 radical (unpaired) electrons. The second-order valence-electron chi connectivity index (χ2n) is 7.35. The number of rotatable bonds is 6. The highest BCUT2D eigenvalue weighted by atomic mass is 15.3. The fraction of sp³-hybridized carbons (Fsp3) is 0.273. The van der Waals surface area contributed by atoms with Crippen LogP contribution in [0.25, 0.3) is 22.4 Å². The van der Waals surface area contributed by atoms with E-state index in [1.54, 1.807) is 17.1 Å². The van der Waals surface area contributed by atoms with Gasteiger partial charge in [-0.3, -0.25) is 9.67 Å². The molecule has 1 atom stereocenters. The number of anilines is 1. The van der Waals surface area contributed by atoms with E-state index in [2.05, 4.69) is 65.6 Å². The van der Waals surface area contributed by atoms with Crippen molar-refractivity contribution < 1.29 is 0 Å². The first kappa shape index (κ1) is 19.0. The van der Waals surface area contributed by atoms with Gasteiger partial charge in [-0.2, -0.15) is 5.10 Å². The quantitative estimate of drug-likeness (QED) is 0.546. The zero-order chi connectivity index (χ0) is 20.4. The monoisotopic (exact) mass is 387 g/mol. The van der Waals surface area contributed by atoms with Crippen LogP contribution in [0.4, 0.5) is 5.82 Å². The highest BCUT2D eigenvalue weighted by Crippen LogP contribution is 2.27. The molecule has 1 aromatic carbocycles. The van der Waals surface area contributed by atoms with Crippen LogP contribution in [0.15, 0.2) is 55.0 Å². The van der Waals surface area contributed by atoms with Crippen molar-refractivity contribution in [2.75, 3.05) is 26.0 Å². The smallest absolute Gasteiger partial charge is 0.164 e. The molecule has 0 fully saturated rings. The molecular formula is C22H25N7. The van der Waals surface area contributed by atoms with E-state index in [0.29, 0.717) is 12.4 Å². The van der Waals surface area contributed by atoms with E-state index in [4.69, 9.17) is 9.97 Å². The van der Waals surface area contributed by atoms with Crippen LogP contribution in [0.3, 0.4) is 0 Å². The van der Waals surface area contributed by atoms with Gasteiger partial charge in [-0.1, -0.05) is 24.3 Å². The summed E-state index contributed by atoms with van der Waals surface area (Å²) in [6.07, 6.45) is 5.31. The Morgan fingerprint density at radius 2 is 1.83 bits per heavy atom. The molecule has 4 aromatic rings. The van der Waals surface area contributed by atoms with Gasteiger partial charge < -0.3 is 10.2 Å². The molecule has 1 N–H and O–H groups in total. The number of nitrogens with one attached hydrogen (secondary N) is 1. The van der Waals surface area contributed by atoms with Gasteiger partial charge in [0.1, 0.15) is 5.82 Å². The Bertz CT molecular complexity index is 1120. The van der Waals surface area contributed by atoms with E-state index >= 15 is 0 Å². The molecule has 0 saturated heterocycles. The van der Waals surface area contributed by atoms with Crippen LogP contribution in [0.1, 0.15) is 17.2 Å². The molecule has 1 unspecified atom stereocenters. The number of hydrogen-bond donors (Lipinski definition) is 1. The van der Waals surface area contributed by atoms with E-state index in [0.717, 1.165) is 22.4 Å². The Morgan fingerprint density at radius 1 is 1.07 bits per heavy atom. The minimum atomic E-state index is 0.210. The third-order valence-corrected chi connectivity index (χ3v) is 5.16. The van der Waals surface area contributed by atoms with Gasteiger partial charge in [0.2, 0.25) is 0 Å². The van der Waals surface area contributed by atoms with Crippen molar-refractivity contribution in [3.05, 3.63) is 66.1 Å². The first-order chi connectivity index (χ1) is 14.0. The molecule has 0 saturated carbocycles. The van der Waals surface area contributed by atoms with Gasteiger partial charge in [0.25, 0.3) is 0 Å². The lowest BCUT2D eigenvalue weighted by molar-refractivity contribution is 0.311. The number of pyridine rings is 1. The highest BCUT2D eigenvalue weighted by Gasteiger charge is 2.18. The molecule has 7 nitrogen and oxygen atoms in total. The summed E-state index contributed by atoms with van der Waals surface area (Å²) in [5.41, 5.74) is 4.30. The van der Waals surface area contributed by atoms with Crippen LogP contribution in [0, 0.1) is 6.92 Å². The molecule has 148 valence electrons. The lowest BCUT2D eigenvalue weighted by Crippen LogP contribution is -2.27. The third kappa shape index (κ3) is 3.82. The Balaban J connectivity index is 1.71. The zero-order valence-corrected chi connectivity index (χ0v) is 17.2. The van der Waals surface area contributed by atoms with Gasteiger partial charge in [-0.15, -0.1) is 0 Å². The average molecular weight is 387 g/mol. The fourth-order valence-corrected chi connectivity index (χ4v) is 3.51. The molecule has 0 spiro atoms. The molecule has 3 aromatic heterocycles. The Labute approximate surface area is 170 Å². The molecule has 0 amide bonds. The third-order valence-electron chi connectivity index (χ3n) is 5.16. The summed E-state index contributed by atoms with van der Waals surface area (Å²) in [7, 11) is 6.09. The molecule has 4 rings (SSSR count). The fourth-order valence-electron chi connectivity index (χ4n) is 3.51. The van der Waals surface area contributed by atoms with Crippen LogP contribution < -0.4 is 5.32 Å². The number of aryl methyl sites for hydroxylation is 2. The molecule has 3 heterocycles. The SMILES string of the molecule is Cc1ccccc1C(CNc1nc(-c2ccncc2)nc2c1cnn2C)N(C)C. The van der Waals surface area contributed by atoms with Crippen LogP contribution in [0.2, 0.25) is 0 Å². The topological polar surface area (TPSA) is 71.8 Å². The van der Waals surface area contributed by atoms with Crippen molar-refractivity contribution in [1.82, 2.24) is 29.6 Å². The minimum absolute atomic E-state index is 0.210. The summed E-state index contributed by atoms with van der Waals surface area (Å²) < 4.78 is 1.78. The van der Waals surface area contributed by atoms with Crippen molar-refractivity contribution in [3.63, 3.8) is 0 Å². The average Bonchev–Trinajstić information content (AvgIpc) is 3.11. The number of aromatic nitrogens is 5. The number of hydrogen-bond acceptors (Lipinski definition) is 6. The maximum absolute atomic E-state index is 4.81. The molecule has 0 aliphatic carbocycles. The van der Waals surface area contributed by atoms with E-state index in [-0.39, 0.29) is 6.04 Å². The Hall–Kier alpha value is -3.32. The maximum atomic E-state index is 4.81. The van der Waals surface area contributed by atoms with E-state index < -0.39 is 0 Å². The van der Waals surface area contributed by atoms with Gasteiger partial charge in [-0.05, 0) is 44.3 Å². The lowest BCUT2D eigenvalue weighted by Gasteiger charge is -2.27. The zero-order valence-electron chi connectivity index (χ0n) is 17.2. The van der Waals surface area contributed by atoms with Crippen LogP contribution in [-0.4, -0.2) is 50.3 Å². The standard InChI is InChI=1S/C22H25N7/c1-15-7-5-6-8-17(15)19(28(2)3)14-24-21-18-13-25-29(4)22(18)27-20(26-21)16-9-11-23-12-10-16/h5-13,19H,14H2,1-4H3,(H,24,26,27). The molecule has 0 aliphatic rings. The largest absolute Gasteiger partial charge is 0.367 e. The molecular weight excluding hydrogens is 362 g/mol. The summed E-state index contributed by atoms with van der Waals surface area (Å²) in [6.45, 7) is 2.87. The Kier molecular flexibility index (Phi) is 5.22. The predicted octanol–water partition coefficient (Wildman–Crippen LogP) is 3.45. The van der Waals surface area contributed by atoms with Crippen molar-refractivity contribution in [2.24, 2.45) is 7.05 Å². The van der Waals surface area contributed by atoms with Crippen molar-refractivity contribution in [3.8, 4) is 11.4 Å². The summed E-state index contributed by atoms with van der Waals surface area (Å²) in [6, 6.07) is 12.5. The lowest BCUT2D eigenvalue weighted by atomic mass is 10.0. The van der Waals surface area contributed by atoms with Gasteiger partial charge >= 0.3 is 0 Å². The van der Waals surface area contributed by atoms with E-state index in [1.165, 1.54) is 11.1 Å². The highest BCUT2D eigenvalue weighted by molar-refractivity contribution is 5.88. The summed E-state index contributed by atoms with van der Waals surface area (Å²) >= 11 is 0. The second kappa shape index (κ2) is 7.97. The number of benzene rings is 1. The first-order valence-corrected chi connectivity index (χ1v) is 9.60.